The Morgan fingerprint density at radius 3 is 2.48 bits per heavy atom. The zero-order chi connectivity index (χ0) is 22.2. The maximum atomic E-state index is 12.7. The molecule has 4 rings (SSSR count). The molecule has 0 fully saturated rings. The number of rotatable bonds is 6. The lowest BCUT2D eigenvalue weighted by Gasteiger charge is -2.17. The van der Waals surface area contributed by atoms with E-state index >= 15 is 0 Å². The predicted molar refractivity (Wildman–Crippen MR) is 123 cm³/mol. The molecule has 0 saturated carbocycles. The maximum Gasteiger partial charge on any atom is 0.243 e. The Hall–Kier alpha value is -2.88. The van der Waals surface area contributed by atoms with Crippen LogP contribution in [0.2, 0.25) is 0 Å². The van der Waals surface area contributed by atoms with Gasteiger partial charge in [0.05, 0.1) is 24.2 Å². The van der Waals surface area contributed by atoms with Gasteiger partial charge >= 0.3 is 0 Å². The summed E-state index contributed by atoms with van der Waals surface area (Å²) in [7, 11) is -0.948. The van der Waals surface area contributed by atoms with E-state index < -0.39 is 15.9 Å². The standard InChI is InChI=1S/C22H19BrN2O5S/c1-25(31(27,28)15-9-7-14(23)8-10-15)13-22(26)24-18-12-20-17(11-21(18)29-2)16-5-3-4-6-19(16)30-20/h3-12H,13H2,1-2H3,(H,24,26). The fourth-order valence-corrected chi connectivity index (χ4v) is 4.67. The van der Waals surface area contributed by atoms with Crippen molar-refractivity contribution in [3.63, 3.8) is 0 Å². The van der Waals surface area contributed by atoms with Crippen LogP contribution in [0.15, 0.2) is 74.4 Å². The van der Waals surface area contributed by atoms with Crippen LogP contribution in [0.25, 0.3) is 21.9 Å². The van der Waals surface area contributed by atoms with Crippen molar-refractivity contribution in [2.45, 2.75) is 4.90 Å². The highest BCUT2D eigenvalue weighted by molar-refractivity contribution is 9.10. The molecular formula is C22H19BrN2O5S. The maximum absolute atomic E-state index is 12.7. The van der Waals surface area contributed by atoms with Crippen LogP contribution in [-0.4, -0.2) is 39.3 Å². The molecule has 0 spiro atoms. The second-order valence-corrected chi connectivity index (χ2v) is 9.87. The van der Waals surface area contributed by atoms with Gasteiger partial charge in [-0.3, -0.25) is 4.79 Å². The number of hydrogen-bond donors (Lipinski definition) is 1. The van der Waals surface area contributed by atoms with Crippen LogP contribution in [0, 0.1) is 0 Å². The van der Waals surface area contributed by atoms with Gasteiger partial charge in [-0.2, -0.15) is 4.31 Å². The molecule has 3 aromatic carbocycles. The van der Waals surface area contributed by atoms with Crippen LogP contribution in [0.4, 0.5) is 5.69 Å². The van der Waals surface area contributed by atoms with Gasteiger partial charge in [-0.05, 0) is 36.4 Å². The Bertz CT molecular complexity index is 1380. The van der Waals surface area contributed by atoms with E-state index in [0.717, 1.165) is 25.1 Å². The molecule has 0 aliphatic carbocycles. The first kappa shape index (κ1) is 21.4. The minimum atomic E-state index is -3.81. The summed E-state index contributed by atoms with van der Waals surface area (Å²) in [6.07, 6.45) is 0. The molecule has 1 aromatic heterocycles. The number of amides is 1. The number of carbonyl (C=O) groups is 1. The molecule has 1 N–H and O–H groups in total. The normalized spacial score (nSPS) is 11.9. The van der Waals surface area contributed by atoms with Crippen LogP contribution in [-0.2, 0) is 14.8 Å². The number of nitrogens with zero attached hydrogens (tertiary/aromatic N) is 1. The molecule has 1 amide bonds. The zero-order valence-electron chi connectivity index (χ0n) is 16.8. The average Bonchev–Trinajstić information content (AvgIpc) is 3.10. The molecule has 160 valence electrons. The number of halogens is 1. The minimum absolute atomic E-state index is 0.104. The Kier molecular flexibility index (Phi) is 5.74. The molecule has 0 bridgehead atoms. The molecule has 7 nitrogen and oxygen atoms in total. The number of ether oxygens (including phenoxy) is 1. The number of furan rings is 1. The van der Waals surface area contributed by atoms with Gasteiger partial charge in [0, 0.05) is 28.4 Å². The van der Waals surface area contributed by atoms with E-state index in [9.17, 15) is 13.2 Å². The van der Waals surface area contributed by atoms with Crippen molar-refractivity contribution in [3.8, 4) is 5.75 Å². The Balaban J connectivity index is 1.57. The highest BCUT2D eigenvalue weighted by atomic mass is 79.9. The van der Waals surface area contributed by atoms with Crippen molar-refractivity contribution in [3.05, 3.63) is 65.1 Å². The SMILES string of the molecule is COc1cc2c(cc1NC(=O)CN(C)S(=O)(=O)c1ccc(Br)cc1)oc1ccccc12. The van der Waals surface area contributed by atoms with Crippen LogP contribution < -0.4 is 10.1 Å². The molecule has 31 heavy (non-hydrogen) atoms. The monoisotopic (exact) mass is 502 g/mol. The Labute approximate surface area is 187 Å². The fraction of sp³-hybridized carbons (Fsp3) is 0.136. The largest absolute Gasteiger partial charge is 0.495 e. The van der Waals surface area contributed by atoms with Crippen LogP contribution >= 0.6 is 15.9 Å². The fourth-order valence-electron chi connectivity index (χ4n) is 3.28. The second-order valence-electron chi connectivity index (χ2n) is 6.91. The van der Waals surface area contributed by atoms with Gasteiger partial charge in [0.2, 0.25) is 15.9 Å². The third kappa shape index (κ3) is 4.16. The number of fused-ring (bicyclic) bond motifs is 3. The van der Waals surface area contributed by atoms with Crippen LogP contribution in [0.3, 0.4) is 0 Å². The van der Waals surface area contributed by atoms with Gasteiger partial charge in [0.1, 0.15) is 16.9 Å². The van der Waals surface area contributed by atoms with Crippen LogP contribution in [0.5, 0.6) is 5.75 Å². The van der Waals surface area contributed by atoms with Crippen molar-refractivity contribution in [1.82, 2.24) is 4.31 Å². The van der Waals surface area contributed by atoms with Gasteiger partial charge < -0.3 is 14.5 Å². The van der Waals surface area contributed by atoms with E-state index in [0.29, 0.717) is 17.0 Å². The number of nitrogens with one attached hydrogen (secondary N) is 1. The third-order valence-electron chi connectivity index (χ3n) is 4.86. The first-order valence-electron chi connectivity index (χ1n) is 9.30. The third-order valence-corrected chi connectivity index (χ3v) is 7.21. The zero-order valence-corrected chi connectivity index (χ0v) is 19.2. The molecule has 4 aromatic rings. The number of hydrogen-bond acceptors (Lipinski definition) is 5. The summed E-state index contributed by atoms with van der Waals surface area (Å²) in [6.45, 7) is -0.361. The predicted octanol–water partition coefficient (Wildman–Crippen LogP) is 4.62. The topological polar surface area (TPSA) is 88.9 Å². The number of para-hydroxylation sites is 1. The van der Waals surface area contributed by atoms with Gasteiger partial charge in [-0.25, -0.2) is 8.42 Å². The van der Waals surface area contributed by atoms with Gasteiger partial charge in [0.15, 0.2) is 0 Å². The first-order valence-corrected chi connectivity index (χ1v) is 11.5. The number of carbonyl (C=O) groups excluding carboxylic acids is 1. The van der Waals surface area contributed by atoms with Crippen molar-refractivity contribution in [2.75, 3.05) is 26.0 Å². The number of likely N-dealkylation sites (N-methyl/N-ethyl adjacent to an activating group) is 1. The molecule has 0 aliphatic rings. The lowest BCUT2D eigenvalue weighted by molar-refractivity contribution is -0.116. The van der Waals surface area contributed by atoms with Crippen molar-refractivity contribution >= 4 is 59.5 Å². The summed E-state index contributed by atoms with van der Waals surface area (Å²) in [5, 5.41) is 4.52. The summed E-state index contributed by atoms with van der Waals surface area (Å²) in [6, 6.07) is 17.3. The van der Waals surface area contributed by atoms with Gasteiger partial charge in [-0.15, -0.1) is 0 Å². The summed E-state index contributed by atoms with van der Waals surface area (Å²) in [5.74, 6) is -0.0530. The number of anilines is 1. The van der Waals surface area contributed by atoms with E-state index in [-0.39, 0.29) is 11.4 Å². The molecule has 0 radical (unpaired) electrons. The summed E-state index contributed by atoms with van der Waals surface area (Å²) in [4.78, 5) is 12.7. The summed E-state index contributed by atoms with van der Waals surface area (Å²) in [5.41, 5.74) is 1.71. The number of sulfonamides is 1. The van der Waals surface area contributed by atoms with E-state index in [1.165, 1.54) is 26.3 Å². The van der Waals surface area contributed by atoms with Gasteiger partial charge in [-0.1, -0.05) is 34.1 Å². The molecule has 0 unspecified atom stereocenters. The average molecular weight is 503 g/mol. The molecule has 9 heteroatoms. The van der Waals surface area contributed by atoms with E-state index in [2.05, 4.69) is 21.2 Å². The summed E-state index contributed by atoms with van der Waals surface area (Å²) < 4.78 is 38.5. The lowest BCUT2D eigenvalue weighted by Crippen LogP contribution is -2.35. The Morgan fingerprint density at radius 1 is 1.06 bits per heavy atom. The van der Waals surface area contributed by atoms with Gasteiger partial charge in [0.25, 0.3) is 0 Å². The minimum Gasteiger partial charge on any atom is -0.495 e. The molecular weight excluding hydrogens is 484 g/mol. The van der Waals surface area contributed by atoms with E-state index in [4.69, 9.17) is 9.15 Å². The first-order chi connectivity index (χ1) is 14.8. The molecule has 0 atom stereocenters. The summed E-state index contributed by atoms with van der Waals surface area (Å²) >= 11 is 3.28. The lowest BCUT2D eigenvalue weighted by atomic mass is 10.1. The highest BCUT2D eigenvalue weighted by Gasteiger charge is 2.23. The van der Waals surface area contributed by atoms with Crippen molar-refractivity contribution in [2.24, 2.45) is 0 Å². The quantitative estimate of drug-likeness (QED) is 0.415. The van der Waals surface area contributed by atoms with Crippen LogP contribution in [0.1, 0.15) is 0 Å². The number of methoxy groups -OCH3 is 1. The molecule has 0 saturated heterocycles. The molecule has 0 aliphatic heterocycles. The smallest absolute Gasteiger partial charge is 0.243 e. The van der Waals surface area contributed by atoms with Crippen molar-refractivity contribution in [1.29, 1.82) is 0 Å². The highest BCUT2D eigenvalue weighted by Crippen LogP contribution is 2.36. The van der Waals surface area contributed by atoms with E-state index in [1.54, 1.807) is 24.3 Å². The second kappa shape index (κ2) is 8.33. The Morgan fingerprint density at radius 2 is 1.77 bits per heavy atom. The van der Waals surface area contributed by atoms with E-state index in [1.807, 2.05) is 24.3 Å². The molecule has 1 heterocycles. The number of benzene rings is 3. The van der Waals surface area contributed by atoms with Crippen molar-refractivity contribution < 1.29 is 22.4 Å².